The third-order valence-electron chi connectivity index (χ3n) is 4.40. The van der Waals surface area contributed by atoms with Gasteiger partial charge in [0.05, 0.1) is 22.8 Å². The third kappa shape index (κ3) is 2.32. The van der Waals surface area contributed by atoms with E-state index in [-0.39, 0.29) is 11.4 Å². The van der Waals surface area contributed by atoms with Crippen LogP contribution in [0.15, 0.2) is 47.5 Å². The number of imidazole rings is 1. The highest BCUT2D eigenvalue weighted by Gasteiger charge is 2.31. The van der Waals surface area contributed by atoms with Gasteiger partial charge in [0, 0.05) is 19.2 Å². The lowest BCUT2D eigenvalue weighted by molar-refractivity contribution is 0.383. The van der Waals surface area contributed by atoms with E-state index >= 15 is 0 Å². The summed E-state index contributed by atoms with van der Waals surface area (Å²) in [6, 6.07) is 9.61. The van der Waals surface area contributed by atoms with Crippen LogP contribution < -0.4 is 0 Å². The molecule has 124 valence electrons. The Morgan fingerprint density at radius 2 is 2.04 bits per heavy atom. The van der Waals surface area contributed by atoms with Crippen LogP contribution in [0.4, 0.5) is 4.39 Å². The van der Waals surface area contributed by atoms with Crippen molar-refractivity contribution in [2.75, 3.05) is 6.54 Å². The first-order valence-electron chi connectivity index (χ1n) is 7.68. The van der Waals surface area contributed by atoms with Gasteiger partial charge < -0.3 is 4.40 Å². The number of aromatic nitrogens is 2. The second-order valence-electron chi connectivity index (χ2n) is 5.93. The maximum atomic E-state index is 13.4. The molecule has 0 spiro atoms. The number of sulfonamides is 1. The van der Waals surface area contributed by atoms with E-state index in [4.69, 9.17) is 0 Å². The maximum Gasteiger partial charge on any atom is 0.243 e. The van der Waals surface area contributed by atoms with Gasteiger partial charge in [-0.2, -0.15) is 4.31 Å². The first-order chi connectivity index (χ1) is 11.5. The molecule has 1 aliphatic heterocycles. The molecule has 7 heteroatoms. The normalized spacial score (nSPS) is 15.6. The minimum absolute atomic E-state index is 0.124. The SMILES string of the molecule is Cc1cc(S(=O)(=O)N2CCc3nc4ccccn4c3C2)ccc1F. The molecule has 0 aliphatic carbocycles. The Bertz CT molecular complexity index is 1040. The summed E-state index contributed by atoms with van der Waals surface area (Å²) in [5, 5.41) is 0. The van der Waals surface area contributed by atoms with E-state index in [9.17, 15) is 12.8 Å². The zero-order valence-corrected chi connectivity index (χ0v) is 13.9. The van der Waals surface area contributed by atoms with Crippen molar-refractivity contribution in [3.05, 3.63) is 65.4 Å². The van der Waals surface area contributed by atoms with Crippen LogP contribution >= 0.6 is 0 Å². The zero-order valence-electron chi connectivity index (χ0n) is 13.1. The molecule has 0 fully saturated rings. The fourth-order valence-electron chi connectivity index (χ4n) is 3.07. The first-order valence-corrected chi connectivity index (χ1v) is 9.12. The van der Waals surface area contributed by atoms with E-state index in [1.165, 1.54) is 22.5 Å². The van der Waals surface area contributed by atoms with Crippen molar-refractivity contribution >= 4 is 15.7 Å². The van der Waals surface area contributed by atoms with Gasteiger partial charge in [-0.05, 0) is 42.8 Å². The van der Waals surface area contributed by atoms with E-state index in [0.717, 1.165) is 17.0 Å². The molecule has 1 aromatic carbocycles. The summed E-state index contributed by atoms with van der Waals surface area (Å²) in [6.07, 6.45) is 2.45. The van der Waals surface area contributed by atoms with Gasteiger partial charge in [0.25, 0.3) is 0 Å². The number of benzene rings is 1. The number of fused-ring (bicyclic) bond motifs is 3. The van der Waals surface area contributed by atoms with Crippen molar-refractivity contribution in [3.8, 4) is 0 Å². The van der Waals surface area contributed by atoms with Gasteiger partial charge in [-0.25, -0.2) is 17.8 Å². The van der Waals surface area contributed by atoms with Crippen molar-refractivity contribution in [1.82, 2.24) is 13.7 Å². The Labute approximate surface area is 139 Å². The third-order valence-corrected chi connectivity index (χ3v) is 6.24. The number of rotatable bonds is 2. The Morgan fingerprint density at radius 3 is 2.83 bits per heavy atom. The number of nitrogens with zero attached hydrogens (tertiary/aromatic N) is 3. The number of hydrogen-bond acceptors (Lipinski definition) is 3. The van der Waals surface area contributed by atoms with Gasteiger partial charge in [-0.3, -0.25) is 0 Å². The smallest absolute Gasteiger partial charge is 0.243 e. The summed E-state index contributed by atoms with van der Waals surface area (Å²) >= 11 is 0. The van der Waals surface area contributed by atoms with Crippen molar-refractivity contribution in [2.45, 2.75) is 24.8 Å². The molecule has 3 aromatic rings. The van der Waals surface area contributed by atoms with Crippen molar-refractivity contribution in [2.24, 2.45) is 0 Å². The first kappa shape index (κ1) is 15.3. The van der Waals surface area contributed by atoms with E-state index in [2.05, 4.69) is 4.98 Å². The molecule has 24 heavy (non-hydrogen) atoms. The summed E-state index contributed by atoms with van der Waals surface area (Å²) in [4.78, 5) is 4.68. The van der Waals surface area contributed by atoms with Crippen LogP contribution in [0, 0.1) is 12.7 Å². The Balaban J connectivity index is 1.74. The van der Waals surface area contributed by atoms with E-state index in [1.54, 1.807) is 6.92 Å². The molecule has 1 aliphatic rings. The topological polar surface area (TPSA) is 54.7 Å². The lowest BCUT2D eigenvalue weighted by atomic mass is 10.2. The summed E-state index contributed by atoms with van der Waals surface area (Å²) in [5.41, 5.74) is 2.96. The number of halogens is 1. The highest BCUT2D eigenvalue weighted by Crippen LogP contribution is 2.26. The fraction of sp³-hybridized carbons (Fsp3) is 0.235. The van der Waals surface area contributed by atoms with Crippen molar-refractivity contribution in [1.29, 1.82) is 0 Å². The minimum Gasteiger partial charge on any atom is -0.302 e. The van der Waals surface area contributed by atoms with Gasteiger partial charge in [-0.1, -0.05) is 6.07 Å². The van der Waals surface area contributed by atoms with E-state index in [1.807, 2.05) is 28.8 Å². The van der Waals surface area contributed by atoms with Crippen molar-refractivity contribution < 1.29 is 12.8 Å². The average Bonchev–Trinajstić information content (AvgIpc) is 2.95. The largest absolute Gasteiger partial charge is 0.302 e. The minimum atomic E-state index is -3.66. The summed E-state index contributed by atoms with van der Waals surface area (Å²) in [7, 11) is -3.66. The highest BCUT2D eigenvalue weighted by molar-refractivity contribution is 7.89. The van der Waals surface area contributed by atoms with Gasteiger partial charge in [0.2, 0.25) is 10.0 Å². The lowest BCUT2D eigenvalue weighted by Crippen LogP contribution is -2.36. The molecule has 0 N–H and O–H groups in total. The Kier molecular flexibility index (Phi) is 3.43. The standard InChI is InChI=1S/C17H16FN3O2S/c1-12-10-13(5-6-14(12)18)24(22,23)20-9-7-15-16(11-20)21-8-3-2-4-17(21)19-15/h2-6,8,10H,7,9,11H2,1H3. The monoisotopic (exact) mass is 345 g/mol. The average molecular weight is 345 g/mol. The number of hydrogen-bond donors (Lipinski definition) is 0. The van der Waals surface area contributed by atoms with Crippen molar-refractivity contribution in [3.63, 3.8) is 0 Å². The molecule has 0 atom stereocenters. The molecule has 5 nitrogen and oxygen atoms in total. The molecule has 2 aromatic heterocycles. The quantitative estimate of drug-likeness (QED) is 0.717. The maximum absolute atomic E-state index is 13.4. The van der Waals surface area contributed by atoms with Gasteiger partial charge >= 0.3 is 0 Å². The molecule has 0 bridgehead atoms. The van der Waals surface area contributed by atoms with Crippen LogP contribution in [-0.2, 0) is 23.0 Å². The highest BCUT2D eigenvalue weighted by atomic mass is 32.2. The molecular weight excluding hydrogens is 329 g/mol. The summed E-state index contributed by atoms with van der Waals surface area (Å²) in [5.74, 6) is -0.406. The Hall–Kier alpha value is -2.25. The number of aryl methyl sites for hydroxylation is 1. The fourth-order valence-corrected chi connectivity index (χ4v) is 4.56. The molecule has 0 saturated carbocycles. The summed E-state index contributed by atoms with van der Waals surface area (Å²) < 4.78 is 42.6. The molecule has 3 heterocycles. The zero-order chi connectivity index (χ0) is 16.9. The van der Waals surface area contributed by atoms with Gasteiger partial charge in [0.1, 0.15) is 11.5 Å². The molecular formula is C17H16FN3O2S. The van der Waals surface area contributed by atoms with Gasteiger partial charge in [-0.15, -0.1) is 0 Å². The second kappa shape index (κ2) is 5.39. The number of pyridine rings is 1. The van der Waals surface area contributed by atoms with Crippen LogP contribution in [-0.4, -0.2) is 28.7 Å². The van der Waals surface area contributed by atoms with Gasteiger partial charge in [0.15, 0.2) is 0 Å². The van der Waals surface area contributed by atoms with Crippen LogP contribution in [0.1, 0.15) is 17.0 Å². The van der Waals surface area contributed by atoms with Crippen LogP contribution in [0.2, 0.25) is 0 Å². The molecule has 0 unspecified atom stereocenters. The molecule has 0 amide bonds. The van der Waals surface area contributed by atoms with E-state index in [0.29, 0.717) is 18.5 Å². The second-order valence-corrected chi connectivity index (χ2v) is 7.87. The molecule has 0 radical (unpaired) electrons. The molecule has 0 saturated heterocycles. The Morgan fingerprint density at radius 1 is 1.21 bits per heavy atom. The molecule has 4 rings (SSSR count). The predicted molar refractivity (Wildman–Crippen MR) is 87.6 cm³/mol. The van der Waals surface area contributed by atoms with Crippen LogP contribution in [0.25, 0.3) is 5.65 Å². The van der Waals surface area contributed by atoms with E-state index < -0.39 is 15.8 Å². The summed E-state index contributed by atoms with van der Waals surface area (Å²) in [6.45, 7) is 2.20. The van der Waals surface area contributed by atoms with Crippen LogP contribution in [0.5, 0.6) is 0 Å². The predicted octanol–water partition coefficient (Wildman–Crippen LogP) is 2.53. The lowest BCUT2D eigenvalue weighted by Gasteiger charge is -2.26. The van der Waals surface area contributed by atoms with Crippen LogP contribution in [0.3, 0.4) is 0 Å².